The van der Waals surface area contributed by atoms with E-state index in [1.807, 2.05) is 4.90 Å². The van der Waals surface area contributed by atoms with Gasteiger partial charge in [-0.2, -0.15) is 0 Å². The molecule has 1 aliphatic rings. The molecule has 0 aliphatic carbocycles. The lowest BCUT2D eigenvalue weighted by atomic mass is 10.1. The number of β-lactam (4-membered cyclic amide) rings is 1. The van der Waals surface area contributed by atoms with E-state index in [0.29, 0.717) is 6.54 Å². The second-order valence-corrected chi connectivity index (χ2v) is 4.55. The van der Waals surface area contributed by atoms with Crippen molar-refractivity contribution in [1.29, 1.82) is 0 Å². The van der Waals surface area contributed by atoms with E-state index in [2.05, 4.69) is 18.4 Å². The Bertz CT molecular complexity index is 348. The molecule has 1 unspecified atom stereocenters. The maximum atomic E-state index is 11.3. The largest absolute Gasteiger partial charge is 0.334 e. The molecule has 1 saturated heterocycles. The fourth-order valence-electron chi connectivity index (χ4n) is 1.66. The van der Waals surface area contributed by atoms with Gasteiger partial charge in [0.2, 0.25) is 5.91 Å². The highest BCUT2D eigenvalue weighted by Gasteiger charge is 2.33. The van der Waals surface area contributed by atoms with Gasteiger partial charge in [-0.15, -0.1) is 11.3 Å². The fourth-order valence-corrected chi connectivity index (χ4v) is 2.65. The number of thiophene rings is 1. The Balaban J connectivity index is 2.01. The van der Waals surface area contributed by atoms with E-state index in [9.17, 15) is 4.79 Å². The first-order valence-electron chi connectivity index (χ1n) is 4.82. The maximum absolute atomic E-state index is 11.3. The lowest BCUT2D eigenvalue weighted by Gasteiger charge is -2.36. The van der Waals surface area contributed by atoms with Crippen LogP contribution in [-0.4, -0.2) is 23.4 Å². The summed E-state index contributed by atoms with van der Waals surface area (Å²) < 4.78 is 0. The molecular weight excluding hydrogens is 196 g/mol. The molecule has 0 bridgehead atoms. The van der Waals surface area contributed by atoms with E-state index >= 15 is 0 Å². The Hall–Kier alpha value is -0.870. The average Bonchev–Trinajstić information content (AvgIpc) is 2.64. The molecule has 0 spiro atoms. The molecule has 4 heteroatoms. The predicted molar refractivity (Wildman–Crippen MR) is 57.1 cm³/mol. The molecule has 1 fully saturated rings. The molecule has 2 rings (SSSR count). The van der Waals surface area contributed by atoms with Gasteiger partial charge in [0.05, 0.1) is 6.54 Å². The van der Waals surface area contributed by atoms with Gasteiger partial charge >= 0.3 is 0 Å². The van der Waals surface area contributed by atoms with Crippen molar-refractivity contribution < 1.29 is 4.79 Å². The third-order valence-corrected chi connectivity index (χ3v) is 3.55. The van der Waals surface area contributed by atoms with Gasteiger partial charge in [-0.3, -0.25) is 4.79 Å². The van der Waals surface area contributed by atoms with Crippen LogP contribution >= 0.6 is 11.3 Å². The van der Waals surface area contributed by atoms with Crippen molar-refractivity contribution in [3.8, 4) is 0 Å². The standard InChI is InChI=1S/C10H14N2OS/c1-2-7-3-4-14-9(7)6-12-5-8(11)10(12)13/h3-4,8H,2,5-6,11H2,1H3. The lowest BCUT2D eigenvalue weighted by molar-refractivity contribution is -0.143. The first-order chi connectivity index (χ1) is 6.72. The third-order valence-electron chi connectivity index (χ3n) is 2.60. The van der Waals surface area contributed by atoms with Gasteiger partial charge in [-0.25, -0.2) is 0 Å². The fraction of sp³-hybridized carbons (Fsp3) is 0.500. The molecule has 1 amide bonds. The predicted octanol–water partition coefficient (Wildman–Crippen LogP) is 0.980. The molecule has 2 N–H and O–H groups in total. The number of carbonyl (C=O) groups is 1. The molecule has 2 heterocycles. The van der Waals surface area contributed by atoms with Gasteiger partial charge < -0.3 is 10.6 Å². The summed E-state index contributed by atoms with van der Waals surface area (Å²) in [5.74, 6) is 0.0838. The molecule has 1 aromatic heterocycles. The summed E-state index contributed by atoms with van der Waals surface area (Å²) >= 11 is 1.72. The number of aryl methyl sites for hydroxylation is 1. The van der Waals surface area contributed by atoms with Gasteiger partial charge in [-0.05, 0) is 23.4 Å². The summed E-state index contributed by atoms with van der Waals surface area (Å²) in [6.07, 6.45) is 1.03. The van der Waals surface area contributed by atoms with Gasteiger partial charge in [0.15, 0.2) is 0 Å². The number of amides is 1. The molecule has 0 radical (unpaired) electrons. The molecule has 1 aliphatic heterocycles. The van der Waals surface area contributed by atoms with Crippen molar-refractivity contribution in [2.24, 2.45) is 5.73 Å². The SMILES string of the molecule is CCc1ccsc1CN1CC(N)C1=O. The van der Waals surface area contributed by atoms with Crippen LogP contribution in [0.2, 0.25) is 0 Å². The summed E-state index contributed by atoms with van der Waals surface area (Å²) in [4.78, 5) is 14.4. The number of nitrogens with two attached hydrogens (primary N) is 1. The number of rotatable bonds is 3. The number of likely N-dealkylation sites (tertiary alicyclic amines) is 1. The van der Waals surface area contributed by atoms with Crippen molar-refractivity contribution in [3.63, 3.8) is 0 Å². The molecule has 14 heavy (non-hydrogen) atoms. The van der Waals surface area contributed by atoms with E-state index in [1.165, 1.54) is 10.4 Å². The van der Waals surface area contributed by atoms with Crippen molar-refractivity contribution in [3.05, 3.63) is 21.9 Å². The highest BCUT2D eigenvalue weighted by atomic mass is 32.1. The Kier molecular flexibility index (Phi) is 2.56. The van der Waals surface area contributed by atoms with Crippen LogP contribution in [0.4, 0.5) is 0 Å². The van der Waals surface area contributed by atoms with Crippen LogP contribution in [0.5, 0.6) is 0 Å². The van der Waals surface area contributed by atoms with Crippen LogP contribution in [0, 0.1) is 0 Å². The third kappa shape index (κ3) is 1.55. The number of nitrogens with zero attached hydrogens (tertiary/aromatic N) is 1. The maximum Gasteiger partial charge on any atom is 0.241 e. The number of hydrogen-bond acceptors (Lipinski definition) is 3. The van der Waals surface area contributed by atoms with Crippen molar-refractivity contribution in [2.75, 3.05) is 6.54 Å². The average molecular weight is 210 g/mol. The smallest absolute Gasteiger partial charge is 0.241 e. The minimum Gasteiger partial charge on any atom is -0.334 e. The van der Waals surface area contributed by atoms with E-state index < -0.39 is 0 Å². The first-order valence-corrected chi connectivity index (χ1v) is 5.70. The zero-order chi connectivity index (χ0) is 10.1. The van der Waals surface area contributed by atoms with Crippen LogP contribution < -0.4 is 5.73 Å². The Morgan fingerprint density at radius 2 is 2.50 bits per heavy atom. The topological polar surface area (TPSA) is 46.3 Å². The highest BCUT2D eigenvalue weighted by Crippen LogP contribution is 2.22. The molecule has 1 atom stereocenters. The summed E-state index contributed by atoms with van der Waals surface area (Å²) in [6, 6.07) is 1.88. The molecule has 0 aromatic carbocycles. The molecular formula is C10H14N2OS. The lowest BCUT2D eigenvalue weighted by Crippen LogP contribution is -2.60. The van der Waals surface area contributed by atoms with Crippen LogP contribution in [0.1, 0.15) is 17.4 Å². The van der Waals surface area contributed by atoms with E-state index in [-0.39, 0.29) is 11.9 Å². The Labute approximate surface area is 87.5 Å². The number of carbonyl (C=O) groups excluding carboxylic acids is 1. The summed E-state index contributed by atoms with van der Waals surface area (Å²) in [5.41, 5.74) is 6.87. The van der Waals surface area contributed by atoms with Crippen LogP contribution in [0.15, 0.2) is 11.4 Å². The van der Waals surface area contributed by atoms with E-state index in [4.69, 9.17) is 5.73 Å². The summed E-state index contributed by atoms with van der Waals surface area (Å²) in [7, 11) is 0. The molecule has 0 saturated carbocycles. The van der Waals surface area contributed by atoms with Gasteiger partial charge in [-0.1, -0.05) is 6.92 Å². The van der Waals surface area contributed by atoms with E-state index in [1.54, 1.807) is 11.3 Å². The minimum absolute atomic E-state index is 0.0838. The monoisotopic (exact) mass is 210 g/mol. The van der Waals surface area contributed by atoms with Gasteiger partial charge in [0.25, 0.3) is 0 Å². The van der Waals surface area contributed by atoms with Crippen LogP contribution in [-0.2, 0) is 17.8 Å². The zero-order valence-corrected chi connectivity index (χ0v) is 9.01. The van der Waals surface area contributed by atoms with Crippen molar-refractivity contribution in [2.45, 2.75) is 25.9 Å². The molecule has 76 valence electrons. The quantitative estimate of drug-likeness (QED) is 0.756. The van der Waals surface area contributed by atoms with Crippen molar-refractivity contribution >= 4 is 17.2 Å². The summed E-state index contributed by atoms with van der Waals surface area (Å²) in [6.45, 7) is 3.59. The Morgan fingerprint density at radius 1 is 1.71 bits per heavy atom. The van der Waals surface area contributed by atoms with Gasteiger partial charge in [0, 0.05) is 11.4 Å². The zero-order valence-electron chi connectivity index (χ0n) is 8.19. The second kappa shape index (κ2) is 3.71. The van der Waals surface area contributed by atoms with Gasteiger partial charge in [0.1, 0.15) is 6.04 Å². The normalized spacial score (nSPS) is 21.1. The number of hydrogen-bond donors (Lipinski definition) is 1. The molecule has 3 nitrogen and oxygen atoms in total. The Morgan fingerprint density at radius 3 is 3.07 bits per heavy atom. The minimum atomic E-state index is -0.250. The van der Waals surface area contributed by atoms with Crippen molar-refractivity contribution in [1.82, 2.24) is 4.90 Å². The first kappa shape index (κ1) is 9.68. The summed E-state index contributed by atoms with van der Waals surface area (Å²) in [5, 5.41) is 2.08. The van der Waals surface area contributed by atoms with Crippen LogP contribution in [0.25, 0.3) is 0 Å². The van der Waals surface area contributed by atoms with Crippen LogP contribution in [0.3, 0.4) is 0 Å². The molecule has 1 aromatic rings. The highest BCUT2D eigenvalue weighted by molar-refractivity contribution is 7.10. The van der Waals surface area contributed by atoms with E-state index in [0.717, 1.165) is 13.0 Å². The second-order valence-electron chi connectivity index (χ2n) is 3.55.